The van der Waals surface area contributed by atoms with Gasteiger partial charge in [0, 0.05) is 24.3 Å². The number of carbonyl (C=O) groups is 1. The van der Waals surface area contributed by atoms with Crippen LogP contribution in [-0.2, 0) is 26.9 Å². The molecule has 1 aromatic carbocycles. The first-order chi connectivity index (χ1) is 17.3. The molecule has 9 heteroatoms. The Labute approximate surface area is 208 Å². The van der Waals surface area contributed by atoms with Crippen molar-refractivity contribution in [1.29, 1.82) is 0 Å². The summed E-state index contributed by atoms with van der Waals surface area (Å²) in [4.78, 5) is 11.9. The highest BCUT2D eigenvalue weighted by Crippen LogP contribution is 2.46. The van der Waals surface area contributed by atoms with Gasteiger partial charge >= 0.3 is 12.1 Å². The Bertz CT molecular complexity index is 1120. The number of carbonyl (C=O) groups excluding carboxylic acids is 1. The number of fused-ring (bicyclic) bond motifs is 2. The van der Waals surface area contributed by atoms with Gasteiger partial charge in [-0.05, 0) is 56.2 Å². The van der Waals surface area contributed by atoms with E-state index in [1.54, 1.807) is 6.07 Å². The van der Waals surface area contributed by atoms with Gasteiger partial charge in [0.25, 0.3) is 0 Å². The van der Waals surface area contributed by atoms with E-state index in [0.717, 1.165) is 25.0 Å². The summed E-state index contributed by atoms with van der Waals surface area (Å²) in [7, 11) is 0. The third kappa shape index (κ3) is 5.71. The molecule has 1 fully saturated rings. The summed E-state index contributed by atoms with van der Waals surface area (Å²) in [6.07, 6.45) is 5.79. The number of esters is 1. The van der Waals surface area contributed by atoms with Gasteiger partial charge in [0.2, 0.25) is 0 Å². The number of hydrogen-bond donors (Lipinski definition) is 0. The van der Waals surface area contributed by atoms with Crippen LogP contribution < -0.4 is 4.74 Å². The van der Waals surface area contributed by atoms with Crippen LogP contribution in [0.5, 0.6) is 5.75 Å². The second-order valence-electron chi connectivity index (χ2n) is 9.23. The van der Waals surface area contributed by atoms with Gasteiger partial charge in [-0.25, -0.2) is 0 Å². The molecule has 2 aliphatic rings. The number of allylic oxidation sites excluding steroid dienone is 4. The summed E-state index contributed by atoms with van der Waals surface area (Å²) >= 11 is 0. The number of aryl methyl sites for hydroxylation is 1. The molecular weight excluding hydrogens is 475 g/mol. The lowest BCUT2D eigenvalue weighted by atomic mass is 9.83. The van der Waals surface area contributed by atoms with Gasteiger partial charge in [-0.3, -0.25) is 4.79 Å². The van der Waals surface area contributed by atoms with Crippen molar-refractivity contribution >= 4 is 16.9 Å². The molecule has 0 radical (unpaired) electrons. The maximum absolute atomic E-state index is 13.2. The van der Waals surface area contributed by atoms with Gasteiger partial charge < -0.3 is 18.7 Å². The van der Waals surface area contributed by atoms with E-state index in [0.29, 0.717) is 50.4 Å². The normalized spacial score (nSPS) is 21.4. The zero-order valence-electron chi connectivity index (χ0n) is 20.6. The van der Waals surface area contributed by atoms with E-state index in [4.69, 9.17) is 18.7 Å². The van der Waals surface area contributed by atoms with Gasteiger partial charge in [0.1, 0.15) is 5.75 Å². The van der Waals surface area contributed by atoms with Crippen molar-refractivity contribution in [2.24, 2.45) is 17.8 Å². The molecule has 196 valence electrons. The van der Waals surface area contributed by atoms with Crippen molar-refractivity contribution in [3.05, 3.63) is 47.4 Å². The van der Waals surface area contributed by atoms with Crippen LogP contribution in [0.1, 0.15) is 57.2 Å². The Hall–Kier alpha value is -2.97. The molecule has 1 saturated carbocycles. The van der Waals surface area contributed by atoms with Crippen LogP contribution in [0.3, 0.4) is 0 Å². The molecule has 0 amide bonds. The molecule has 1 heterocycles. The number of nitrogens with zero attached hydrogens (tertiary/aromatic N) is 1. The van der Waals surface area contributed by atoms with E-state index in [1.807, 2.05) is 26.0 Å². The van der Waals surface area contributed by atoms with Gasteiger partial charge in [-0.15, -0.1) is 0 Å². The van der Waals surface area contributed by atoms with Crippen LogP contribution in [0.25, 0.3) is 11.0 Å². The number of benzene rings is 1. The summed E-state index contributed by atoms with van der Waals surface area (Å²) in [6, 6.07) is 2.91. The van der Waals surface area contributed by atoms with Crippen molar-refractivity contribution in [3.8, 4) is 5.75 Å². The highest BCUT2D eigenvalue weighted by Gasteiger charge is 2.40. The Morgan fingerprint density at radius 1 is 1.17 bits per heavy atom. The van der Waals surface area contributed by atoms with Crippen LogP contribution in [0, 0.1) is 17.8 Å². The minimum absolute atomic E-state index is 0.0497. The van der Waals surface area contributed by atoms with Crippen molar-refractivity contribution in [3.63, 3.8) is 0 Å². The van der Waals surface area contributed by atoms with E-state index < -0.39 is 11.9 Å². The maximum atomic E-state index is 13.2. The van der Waals surface area contributed by atoms with E-state index >= 15 is 0 Å². The highest BCUT2D eigenvalue weighted by atomic mass is 19.4. The van der Waals surface area contributed by atoms with Gasteiger partial charge in [0.15, 0.2) is 11.3 Å². The number of rotatable bonds is 11. The van der Waals surface area contributed by atoms with Crippen LogP contribution in [0.2, 0.25) is 0 Å². The molecule has 0 spiro atoms. The minimum Gasteiger partial charge on any atom is -0.497 e. The first-order valence-electron chi connectivity index (χ1n) is 12.6. The van der Waals surface area contributed by atoms with Crippen molar-refractivity contribution in [1.82, 2.24) is 5.16 Å². The molecule has 1 aromatic heterocycles. The Kier molecular flexibility index (Phi) is 8.26. The van der Waals surface area contributed by atoms with Gasteiger partial charge in [0.05, 0.1) is 31.0 Å². The third-order valence-corrected chi connectivity index (χ3v) is 6.84. The Balaban J connectivity index is 1.30. The monoisotopic (exact) mass is 507 g/mol. The SMILES string of the molecule is CCCc1c(OCCCOC2=CC=CC3C(CC(=O)OCC)CCC23)ccc2c(C(F)(F)F)noc12. The molecule has 2 aromatic rings. The van der Waals surface area contributed by atoms with Crippen LogP contribution in [0.4, 0.5) is 13.2 Å². The smallest absolute Gasteiger partial charge is 0.437 e. The topological polar surface area (TPSA) is 70.8 Å². The quantitative estimate of drug-likeness (QED) is 0.251. The number of ether oxygens (including phenoxy) is 3. The largest absolute Gasteiger partial charge is 0.497 e. The maximum Gasteiger partial charge on any atom is 0.437 e. The summed E-state index contributed by atoms with van der Waals surface area (Å²) in [5, 5.41) is 3.21. The van der Waals surface area contributed by atoms with Crippen molar-refractivity contribution < 1.29 is 36.7 Å². The fourth-order valence-corrected chi connectivity index (χ4v) is 5.26. The number of aromatic nitrogens is 1. The van der Waals surface area contributed by atoms with Crippen LogP contribution >= 0.6 is 0 Å². The van der Waals surface area contributed by atoms with E-state index in [9.17, 15) is 18.0 Å². The molecule has 3 unspecified atom stereocenters. The molecule has 36 heavy (non-hydrogen) atoms. The Morgan fingerprint density at radius 3 is 2.72 bits per heavy atom. The number of alkyl halides is 3. The zero-order chi connectivity index (χ0) is 25.7. The first-order valence-corrected chi connectivity index (χ1v) is 12.6. The van der Waals surface area contributed by atoms with E-state index in [2.05, 4.69) is 11.2 Å². The third-order valence-electron chi connectivity index (χ3n) is 6.84. The Morgan fingerprint density at radius 2 is 1.97 bits per heavy atom. The average Bonchev–Trinajstić information content (AvgIpc) is 3.45. The average molecular weight is 508 g/mol. The fourth-order valence-electron chi connectivity index (χ4n) is 5.26. The predicted octanol–water partition coefficient (Wildman–Crippen LogP) is 6.63. The highest BCUT2D eigenvalue weighted by molar-refractivity contribution is 5.85. The van der Waals surface area contributed by atoms with Gasteiger partial charge in [-0.1, -0.05) is 30.7 Å². The van der Waals surface area contributed by atoms with Crippen LogP contribution in [-0.4, -0.2) is 30.9 Å². The molecule has 0 saturated heterocycles. The summed E-state index contributed by atoms with van der Waals surface area (Å²) in [5.41, 5.74) is -0.290. The standard InChI is InChI=1S/C27H32F3NO5/c1-3-7-20-23(13-12-21-25(20)36-31-26(21)27(28,29)30)35-15-6-14-34-22-9-5-8-18-17(10-11-19(18)22)16-24(32)33-4-2/h5,8-9,12-13,17-19H,3-4,6-7,10-11,14-16H2,1-2H3. The number of hydrogen-bond acceptors (Lipinski definition) is 6. The molecule has 0 aliphatic heterocycles. The van der Waals surface area contributed by atoms with Crippen molar-refractivity contribution in [2.75, 3.05) is 19.8 Å². The predicted molar refractivity (Wildman–Crippen MR) is 127 cm³/mol. The van der Waals surface area contributed by atoms with Crippen LogP contribution in [0.15, 0.2) is 40.6 Å². The molecular formula is C27H32F3NO5. The zero-order valence-corrected chi connectivity index (χ0v) is 20.6. The van der Waals surface area contributed by atoms with Gasteiger partial charge in [-0.2, -0.15) is 13.2 Å². The lowest BCUT2D eigenvalue weighted by Gasteiger charge is -2.26. The molecule has 0 N–H and O–H groups in total. The summed E-state index contributed by atoms with van der Waals surface area (Å²) < 4.78 is 61.8. The fraction of sp³-hybridized carbons (Fsp3) is 0.556. The number of halogens is 3. The molecule has 4 rings (SSSR count). The molecule has 0 bridgehead atoms. The molecule has 3 atom stereocenters. The van der Waals surface area contributed by atoms with E-state index in [1.165, 1.54) is 6.07 Å². The lowest BCUT2D eigenvalue weighted by molar-refractivity contribution is -0.144. The lowest BCUT2D eigenvalue weighted by Crippen LogP contribution is -2.21. The van der Waals surface area contributed by atoms with Crippen molar-refractivity contribution in [2.45, 2.75) is 58.5 Å². The second-order valence-corrected chi connectivity index (χ2v) is 9.23. The summed E-state index contributed by atoms with van der Waals surface area (Å²) in [5.74, 6) is 2.10. The first kappa shape index (κ1) is 26.1. The molecule has 2 aliphatic carbocycles. The summed E-state index contributed by atoms with van der Waals surface area (Å²) in [6.45, 7) is 4.96. The minimum atomic E-state index is -4.57. The van der Waals surface area contributed by atoms with E-state index in [-0.39, 0.29) is 34.7 Å². The second kappa shape index (κ2) is 11.4. The molecule has 6 nitrogen and oxygen atoms in total.